The number of oxime groups is 1. The highest BCUT2D eigenvalue weighted by atomic mass is 32.1. The number of para-hydroxylation sites is 1. The number of carbonyl (C=O) groups is 2. The van der Waals surface area contributed by atoms with Crippen molar-refractivity contribution in [3.05, 3.63) is 76.0 Å². The molecule has 1 N–H and O–H groups in total. The molecule has 0 bridgehead atoms. The third kappa shape index (κ3) is 3.29. The molecule has 33 heavy (non-hydrogen) atoms. The minimum Gasteiger partial charge on any atom is -0.493 e. The van der Waals surface area contributed by atoms with E-state index in [1.165, 1.54) is 11.3 Å². The number of ether oxygens (including phenoxy) is 2. The van der Waals surface area contributed by atoms with E-state index in [1.54, 1.807) is 49.6 Å². The maximum absolute atomic E-state index is 13.8. The number of nitrogens with zero attached hydrogens (tertiary/aromatic N) is 1. The predicted octanol–water partition coefficient (Wildman–Crippen LogP) is 4.62. The van der Waals surface area contributed by atoms with E-state index in [0.29, 0.717) is 38.9 Å². The molecular weight excluding hydrogens is 440 g/mol. The molecule has 0 fully saturated rings. The molecular formula is C25H22N2O5S. The molecule has 168 valence electrons. The number of hydrogen-bond donors (Lipinski definition) is 1. The Morgan fingerprint density at radius 3 is 2.70 bits per heavy atom. The van der Waals surface area contributed by atoms with E-state index in [9.17, 15) is 9.59 Å². The molecule has 2 aliphatic heterocycles. The third-order valence-electron chi connectivity index (χ3n) is 5.73. The first-order valence-electron chi connectivity index (χ1n) is 10.6. The van der Waals surface area contributed by atoms with Crippen molar-refractivity contribution in [1.29, 1.82) is 0 Å². The van der Waals surface area contributed by atoms with Crippen molar-refractivity contribution in [3.8, 4) is 11.5 Å². The molecule has 0 radical (unpaired) electrons. The lowest BCUT2D eigenvalue weighted by Gasteiger charge is -2.26. The highest BCUT2D eigenvalue weighted by Crippen LogP contribution is 2.50. The second kappa shape index (κ2) is 8.04. The number of benzene rings is 2. The lowest BCUT2D eigenvalue weighted by Crippen LogP contribution is -2.46. The summed E-state index contributed by atoms with van der Waals surface area (Å²) in [4.78, 5) is 33.5. The minimum absolute atomic E-state index is 0.0352. The van der Waals surface area contributed by atoms with Gasteiger partial charge in [0.05, 0.1) is 18.1 Å². The number of nitrogens with one attached hydrogen (secondary N) is 1. The van der Waals surface area contributed by atoms with Gasteiger partial charge in [0, 0.05) is 16.8 Å². The zero-order valence-electron chi connectivity index (χ0n) is 18.3. The summed E-state index contributed by atoms with van der Waals surface area (Å²) in [5, 5.41) is 9.00. The molecule has 3 aromatic rings. The largest absolute Gasteiger partial charge is 0.493 e. The number of methoxy groups -OCH3 is 1. The number of fused-ring (bicyclic) bond motifs is 2. The Bertz CT molecular complexity index is 1270. The average Bonchev–Trinajstić information content (AvgIpc) is 3.53. The summed E-state index contributed by atoms with van der Waals surface area (Å²) in [5.74, 6) is -0.529. The van der Waals surface area contributed by atoms with E-state index in [4.69, 9.17) is 14.3 Å². The Balaban J connectivity index is 1.64. The van der Waals surface area contributed by atoms with Crippen LogP contribution < -0.4 is 14.8 Å². The molecule has 3 heterocycles. The molecule has 0 saturated heterocycles. The Morgan fingerprint density at radius 1 is 1.15 bits per heavy atom. The van der Waals surface area contributed by atoms with Crippen LogP contribution in [0.3, 0.4) is 0 Å². The van der Waals surface area contributed by atoms with Crippen LogP contribution in [0.25, 0.3) is 0 Å². The van der Waals surface area contributed by atoms with E-state index in [-0.39, 0.29) is 11.9 Å². The number of amides is 1. The molecule has 0 unspecified atom stereocenters. The second-order valence-electron chi connectivity index (χ2n) is 8.11. The topological polar surface area (TPSA) is 86.2 Å². The van der Waals surface area contributed by atoms with Crippen molar-refractivity contribution in [1.82, 2.24) is 0 Å². The zero-order chi connectivity index (χ0) is 23.2. The summed E-state index contributed by atoms with van der Waals surface area (Å²) in [6, 6.07) is 16.1. The quantitative estimate of drug-likeness (QED) is 0.540. The highest BCUT2D eigenvalue weighted by Gasteiger charge is 2.63. The molecule has 1 aromatic heterocycles. The van der Waals surface area contributed by atoms with E-state index in [0.717, 1.165) is 0 Å². The molecule has 8 heteroatoms. The van der Waals surface area contributed by atoms with Crippen LogP contribution >= 0.6 is 11.3 Å². The van der Waals surface area contributed by atoms with Crippen LogP contribution in [0.2, 0.25) is 0 Å². The number of carbonyl (C=O) groups excluding carboxylic acids is 2. The van der Waals surface area contributed by atoms with Crippen molar-refractivity contribution >= 4 is 34.4 Å². The van der Waals surface area contributed by atoms with Gasteiger partial charge in [-0.3, -0.25) is 9.59 Å². The van der Waals surface area contributed by atoms with E-state index in [1.807, 2.05) is 31.4 Å². The number of hydrogen-bond acceptors (Lipinski definition) is 7. The van der Waals surface area contributed by atoms with E-state index in [2.05, 4.69) is 10.5 Å². The molecule has 5 rings (SSSR count). The fourth-order valence-electron chi connectivity index (χ4n) is 4.32. The van der Waals surface area contributed by atoms with Gasteiger partial charge < -0.3 is 19.6 Å². The maximum Gasteiger partial charge on any atom is 0.277 e. The van der Waals surface area contributed by atoms with Crippen LogP contribution in [-0.4, -0.2) is 30.6 Å². The Morgan fingerprint density at radius 2 is 1.97 bits per heavy atom. The van der Waals surface area contributed by atoms with Crippen LogP contribution in [0.4, 0.5) is 5.69 Å². The average molecular weight is 463 g/mol. The summed E-state index contributed by atoms with van der Waals surface area (Å²) < 4.78 is 11.3. The summed E-state index contributed by atoms with van der Waals surface area (Å²) in [6.45, 7) is 3.86. The predicted molar refractivity (Wildman–Crippen MR) is 125 cm³/mol. The number of anilines is 1. The van der Waals surface area contributed by atoms with E-state index < -0.39 is 17.4 Å². The van der Waals surface area contributed by atoms with Gasteiger partial charge in [0.25, 0.3) is 11.5 Å². The van der Waals surface area contributed by atoms with Gasteiger partial charge in [0.2, 0.25) is 0 Å². The summed E-state index contributed by atoms with van der Waals surface area (Å²) in [5.41, 5.74) is 0.617. The molecule has 1 amide bonds. The van der Waals surface area contributed by atoms with Crippen molar-refractivity contribution in [2.24, 2.45) is 11.1 Å². The van der Waals surface area contributed by atoms with Gasteiger partial charge in [0.15, 0.2) is 17.3 Å². The highest BCUT2D eigenvalue weighted by molar-refractivity contribution is 7.12. The van der Waals surface area contributed by atoms with Gasteiger partial charge in [-0.1, -0.05) is 29.4 Å². The van der Waals surface area contributed by atoms with Crippen molar-refractivity contribution in [2.45, 2.75) is 25.6 Å². The zero-order valence-corrected chi connectivity index (χ0v) is 19.1. The lowest BCUT2D eigenvalue weighted by molar-refractivity contribution is -0.140. The molecule has 2 atom stereocenters. The SMILES string of the molecule is COc1cc(C2=NO[C@@]3(C(=O)Nc4ccccc43)[C@@H]2C(=O)c2cccs2)ccc1OC(C)C. The standard InChI is InChI=1S/C25H22N2O5S/c1-14(2)31-18-11-10-15(13-19(18)30-3)22-21(23(28)20-9-6-12-33-20)25(32-27-22)16-7-4-5-8-17(16)26-24(25)29/h4-14,21H,1-3H3,(H,26,29)/t21-,25+/m0/s1. The van der Waals surface area contributed by atoms with Crippen molar-refractivity contribution in [3.63, 3.8) is 0 Å². The van der Waals surface area contributed by atoms with Gasteiger partial charge in [-0.15, -0.1) is 11.3 Å². The second-order valence-corrected chi connectivity index (χ2v) is 9.06. The van der Waals surface area contributed by atoms with Crippen LogP contribution in [0.1, 0.15) is 34.6 Å². The monoisotopic (exact) mass is 462 g/mol. The molecule has 0 aliphatic carbocycles. The lowest BCUT2D eigenvalue weighted by atomic mass is 9.75. The number of rotatable bonds is 6. The summed E-state index contributed by atoms with van der Waals surface area (Å²) >= 11 is 1.32. The molecule has 2 aromatic carbocycles. The normalized spacial score (nSPS) is 20.9. The maximum atomic E-state index is 13.8. The third-order valence-corrected chi connectivity index (χ3v) is 6.61. The number of Topliss-reactive ketones (excluding diaryl/α,β-unsaturated/α-hetero) is 1. The van der Waals surface area contributed by atoms with Gasteiger partial charge in [-0.2, -0.15) is 0 Å². The number of ketones is 1. The molecule has 0 saturated carbocycles. The van der Waals surface area contributed by atoms with Gasteiger partial charge in [-0.25, -0.2) is 0 Å². The number of thiophene rings is 1. The summed E-state index contributed by atoms with van der Waals surface area (Å²) in [7, 11) is 1.55. The van der Waals surface area contributed by atoms with Crippen molar-refractivity contribution < 1.29 is 23.9 Å². The van der Waals surface area contributed by atoms with E-state index >= 15 is 0 Å². The van der Waals surface area contributed by atoms with Crippen molar-refractivity contribution in [2.75, 3.05) is 12.4 Å². The fraction of sp³-hybridized carbons (Fsp3) is 0.240. The Hall–Kier alpha value is -3.65. The van der Waals surface area contributed by atoms with Crippen LogP contribution in [0, 0.1) is 5.92 Å². The van der Waals surface area contributed by atoms with Crippen LogP contribution in [0.5, 0.6) is 11.5 Å². The van der Waals surface area contributed by atoms with Gasteiger partial charge in [-0.05, 0) is 49.6 Å². The fourth-order valence-corrected chi connectivity index (χ4v) is 5.01. The van der Waals surface area contributed by atoms with Crippen LogP contribution in [0.15, 0.2) is 65.1 Å². The minimum atomic E-state index is -1.58. The first kappa shape index (κ1) is 21.2. The van der Waals surface area contributed by atoms with Gasteiger partial charge in [0.1, 0.15) is 11.6 Å². The molecule has 7 nitrogen and oxygen atoms in total. The Kier molecular flexibility index (Phi) is 5.17. The first-order chi connectivity index (χ1) is 16.0. The molecule has 1 spiro atoms. The Labute approximate surface area is 195 Å². The molecule has 2 aliphatic rings. The first-order valence-corrected chi connectivity index (χ1v) is 11.4. The van der Waals surface area contributed by atoms with Gasteiger partial charge >= 0.3 is 0 Å². The smallest absolute Gasteiger partial charge is 0.277 e. The summed E-state index contributed by atoms with van der Waals surface area (Å²) in [6.07, 6.45) is -0.0352. The van der Waals surface area contributed by atoms with Crippen LogP contribution in [-0.2, 0) is 15.2 Å².